The van der Waals surface area contributed by atoms with E-state index >= 15 is 0 Å². The summed E-state index contributed by atoms with van der Waals surface area (Å²) in [6, 6.07) is 26.1. The highest BCUT2D eigenvalue weighted by Crippen LogP contribution is 2.58. The Morgan fingerprint density at radius 3 is 2.27 bits per heavy atom. The fourth-order valence-electron chi connectivity index (χ4n) is 7.34. The van der Waals surface area contributed by atoms with E-state index in [4.69, 9.17) is 0 Å². The Kier molecular flexibility index (Phi) is 6.50. The van der Waals surface area contributed by atoms with Crippen LogP contribution in [-0.4, -0.2) is 34.5 Å². The van der Waals surface area contributed by atoms with Gasteiger partial charge >= 0.3 is 0 Å². The molecule has 1 spiro atoms. The molecule has 44 heavy (non-hydrogen) atoms. The average molecular weight is 584 g/mol. The molecule has 7 rings (SSSR count). The molecule has 4 atom stereocenters. The van der Waals surface area contributed by atoms with E-state index in [0.29, 0.717) is 16.8 Å². The van der Waals surface area contributed by atoms with Gasteiger partial charge in [-0.2, -0.15) is 0 Å². The molecule has 8 heteroatoms. The summed E-state index contributed by atoms with van der Waals surface area (Å²) in [6.45, 7) is 2.09. The normalized spacial score (nSPS) is 22.7. The highest BCUT2D eigenvalue weighted by Gasteiger charge is 2.70. The Hall–Kier alpha value is -5.37. The molecule has 0 saturated carbocycles. The number of rotatable bonds is 7. The van der Waals surface area contributed by atoms with E-state index in [9.17, 15) is 24.5 Å². The number of carbonyl (C=O) groups is 3. The number of benzene rings is 4. The van der Waals surface area contributed by atoms with Crippen LogP contribution in [0, 0.1) is 16.0 Å². The number of nitro benzene ring substituents is 1. The number of Topliss-reactive ketones (excluding diaryl/α,β-unsaturated/α-hetero) is 2. The molecule has 0 bridgehead atoms. The SMILES string of the molecule is CCCc1ccc(C(=O)[C@H]2[C@@H](C(=O)c3ccc([N+](=O)[O-])cc3)N3c4ccccc4C=C[C@@H]3[C@]23C(=O)Nc2ccccc23)cc1. The molecule has 0 aromatic heterocycles. The maximum atomic E-state index is 14.9. The monoisotopic (exact) mass is 583 g/mol. The number of nitrogens with zero attached hydrogens (tertiary/aromatic N) is 2. The number of carbonyl (C=O) groups excluding carboxylic acids is 3. The first-order valence-corrected chi connectivity index (χ1v) is 14.7. The summed E-state index contributed by atoms with van der Waals surface area (Å²) in [4.78, 5) is 56.8. The van der Waals surface area contributed by atoms with E-state index in [1.54, 1.807) is 12.1 Å². The van der Waals surface area contributed by atoms with Gasteiger partial charge in [0.1, 0.15) is 11.5 Å². The van der Waals surface area contributed by atoms with Crippen molar-refractivity contribution in [1.29, 1.82) is 0 Å². The summed E-state index contributed by atoms with van der Waals surface area (Å²) >= 11 is 0. The Morgan fingerprint density at radius 2 is 1.55 bits per heavy atom. The van der Waals surface area contributed by atoms with Gasteiger partial charge in [0.15, 0.2) is 11.6 Å². The number of hydrogen-bond acceptors (Lipinski definition) is 6. The van der Waals surface area contributed by atoms with E-state index < -0.39 is 28.3 Å². The predicted molar refractivity (Wildman–Crippen MR) is 168 cm³/mol. The summed E-state index contributed by atoms with van der Waals surface area (Å²) in [6.07, 6.45) is 5.71. The third-order valence-electron chi connectivity index (χ3n) is 9.23. The van der Waals surface area contributed by atoms with Crippen molar-refractivity contribution in [3.63, 3.8) is 0 Å². The molecule has 0 radical (unpaired) electrons. The number of amides is 1. The minimum Gasteiger partial charge on any atom is -0.352 e. The van der Waals surface area contributed by atoms with Crippen LogP contribution in [-0.2, 0) is 16.6 Å². The molecular formula is C36H29N3O5. The quantitative estimate of drug-likeness (QED) is 0.153. The largest absolute Gasteiger partial charge is 0.352 e. The molecule has 218 valence electrons. The van der Waals surface area contributed by atoms with E-state index in [0.717, 1.165) is 29.7 Å². The summed E-state index contributed by atoms with van der Waals surface area (Å²) in [5, 5.41) is 14.4. The van der Waals surface area contributed by atoms with Crippen molar-refractivity contribution in [3.8, 4) is 0 Å². The van der Waals surface area contributed by atoms with Gasteiger partial charge in [-0.15, -0.1) is 0 Å². The number of ketones is 2. The van der Waals surface area contributed by atoms with E-state index in [2.05, 4.69) is 12.2 Å². The third kappa shape index (κ3) is 3.94. The maximum absolute atomic E-state index is 14.9. The highest BCUT2D eigenvalue weighted by atomic mass is 16.6. The Labute approximate surface area is 254 Å². The van der Waals surface area contributed by atoms with Crippen molar-refractivity contribution in [1.82, 2.24) is 0 Å². The van der Waals surface area contributed by atoms with Gasteiger partial charge in [0, 0.05) is 34.6 Å². The highest BCUT2D eigenvalue weighted by molar-refractivity contribution is 6.18. The minimum atomic E-state index is -1.42. The van der Waals surface area contributed by atoms with Crippen LogP contribution < -0.4 is 10.2 Å². The second-order valence-corrected chi connectivity index (χ2v) is 11.5. The first kappa shape index (κ1) is 27.5. The number of nitro groups is 1. The van der Waals surface area contributed by atoms with Crippen LogP contribution in [0.1, 0.15) is 50.8 Å². The topological polar surface area (TPSA) is 110 Å². The molecule has 3 heterocycles. The van der Waals surface area contributed by atoms with Gasteiger partial charge in [-0.3, -0.25) is 24.5 Å². The van der Waals surface area contributed by atoms with Crippen LogP contribution in [0.4, 0.5) is 17.1 Å². The van der Waals surface area contributed by atoms with Crippen molar-refractivity contribution in [3.05, 3.63) is 141 Å². The van der Waals surface area contributed by atoms with Crippen LogP contribution in [0.3, 0.4) is 0 Å². The molecule has 0 unspecified atom stereocenters. The zero-order chi connectivity index (χ0) is 30.6. The summed E-state index contributed by atoms with van der Waals surface area (Å²) in [5.74, 6) is -2.13. The van der Waals surface area contributed by atoms with Gasteiger partial charge in [-0.25, -0.2) is 0 Å². The fraction of sp³-hybridized carbons (Fsp3) is 0.194. The maximum Gasteiger partial charge on any atom is 0.269 e. The third-order valence-corrected chi connectivity index (χ3v) is 9.23. The lowest BCUT2D eigenvalue weighted by atomic mass is 9.64. The van der Waals surface area contributed by atoms with Crippen LogP contribution >= 0.6 is 0 Å². The Balaban J connectivity index is 1.48. The van der Waals surface area contributed by atoms with E-state index in [1.165, 1.54) is 24.3 Å². The first-order valence-electron chi connectivity index (χ1n) is 14.7. The predicted octanol–water partition coefficient (Wildman–Crippen LogP) is 6.40. The summed E-state index contributed by atoms with van der Waals surface area (Å²) in [7, 11) is 0. The number of anilines is 2. The number of aryl methyl sites for hydroxylation is 1. The molecule has 1 N–H and O–H groups in total. The molecular weight excluding hydrogens is 554 g/mol. The van der Waals surface area contributed by atoms with Crippen molar-refractivity contribution in [2.24, 2.45) is 5.92 Å². The summed E-state index contributed by atoms with van der Waals surface area (Å²) < 4.78 is 0. The molecule has 0 aliphatic carbocycles. The van der Waals surface area contributed by atoms with Crippen LogP contribution in [0.2, 0.25) is 0 Å². The van der Waals surface area contributed by atoms with Crippen molar-refractivity contribution in [2.45, 2.75) is 37.3 Å². The number of hydrogen-bond donors (Lipinski definition) is 1. The van der Waals surface area contributed by atoms with Gasteiger partial charge in [-0.05, 0) is 47.4 Å². The molecule has 8 nitrogen and oxygen atoms in total. The Bertz CT molecular complexity index is 1860. The molecule has 4 aromatic rings. The van der Waals surface area contributed by atoms with Gasteiger partial charge in [0.05, 0.1) is 16.9 Å². The second-order valence-electron chi connectivity index (χ2n) is 11.5. The average Bonchev–Trinajstić information content (AvgIpc) is 3.53. The zero-order valence-corrected chi connectivity index (χ0v) is 24.0. The van der Waals surface area contributed by atoms with Crippen molar-refractivity contribution >= 4 is 40.6 Å². The molecule has 1 saturated heterocycles. The number of non-ortho nitro benzene ring substituents is 1. The van der Waals surface area contributed by atoms with E-state index in [1.807, 2.05) is 77.7 Å². The molecule has 3 aliphatic rings. The lowest BCUT2D eigenvalue weighted by Gasteiger charge is -2.37. The van der Waals surface area contributed by atoms with Gasteiger partial charge in [-0.1, -0.05) is 86.2 Å². The van der Waals surface area contributed by atoms with Crippen LogP contribution in [0.25, 0.3) is 6.08 Å². The van der Waals surface area contributed by atoms with Crippen molar-refractivity contribution in [2.75, 3.05) is 10.2 Å². The number of fused-ring (bicyclic) bond motifs is 6. The van der Waals surface area contributed by atoms with Gasteiger partial charge in [0.2, 0.25) is 5.91 Å². The minimum absolute atomic E-state index is 0.141. The fourth-order valence-corrected chi connectivity index (χ4v) is 7.34. The van der Waals surface area contributed by atoms with Crippen molar-refractivity contribution < 1.29 is 19.3 Å². The zero-order valence-electron chi connectivity index (χ0n) is 24.0. The van der Waals surface area contributed by atoms with Gasteiger partial charge in [0.25, 0.3) is 5.69 Å². The number of nitrogens with one attached hydrogen (secondary N) is 1. The van der Waals surface area contributed by atoms with E-state index in [-0.39, 0.29) is 28.7 Å². The smallest absolute Gasteiger partial charge is 0.269 e. The molecule has 3 aliphatic heterocycles. The van der Waals surface area contributed by atoms with Crippen LogP contribution in [0.5, 0.6) is 0 Å². The van der Waals surface area contributed by atoms with Crippen LogP contribution in [0.15, 0.2) is 103 Å². The second kappa shape index (κ2) is 10.4. The lowest BCUT2D eigenvalue weighted by molar-refractivity contribution is -0.384. The first-order chi connectivity index (χ1) is 21.4. The summed E-state index contributed by atoms with van der Waals surface area (Å²) in [5.41, 5.74) is 3.08. The molecule has 4 aromatic carbocycles. The number of para-hydroxylation sites is 2. The van der Waals surface area contributed by atoms with Gasteiger partial charge < -0.3 is 10.2 Å². The lowest BCUT2D eigenvalue weighted by Crippen LogP contribution is -2.51. The molecule has 1 amide bonds. The Morgan fingerprint density at radius 1 is 0.886 bits per heavy atom. The molecule has 1 fully saturated rings. The standard InChI is InChI=1S/C36H29N3O5/c1-2-7-22-12-14-24(15-13-22)33(40)31-32(34(41)25-16-19-26(20-17-25)39(43)44)38-29-11-6-3-8-23(29)18-21-30(38)36(31)27-9-4-5-10-28(27)37-35(36)42/h3-6,8-21,30-32H,2,7H2,1H3,(H,37,42)/t30-,31-,32+,36+/m1/s1.